The lowest BCUT2D eigenvalue weighted by molar-refractivity contribution is 0.195. The molecule has 0 saturated heterocycles. The van der Waals surface area contributed by atoms with Gasteiger partial charge in [0.05, 0.1) is 17.4 Å². The number of fused-ring (bicyclic) bond motifs is 1. The van der Waals surface area contributed by atoms with Gasteiger partial charge in [0.15, 0.2) is 5.52 Å². The van der Waals surface area contributed by atoms with E-state index in [0.29, 0.717) is 12.5 Å². The summed E-state index contributed by atoms with van der Waals surface area (Å²) in [6.07, 6.45) is 10.6. The van der Waals surface area contributed by atoms with Gasteiger partial charge in [-0.25, -0.2) is 9.97 Å². The Morgan fingerprint density at radius 2 is 2.00 bits per heavy atom. The van der Waals surface area contributed by atoms with Crippen molar-refractivity contribution in [1.29, 1.82) is 0 Å². The summed E-state index contributed by atoms with van der Waals surface area (Å²) in [5.41, 5.74) is 8.11. The first-order valence-electron chi connectivity index (χ1n) is 7.36. The molecule has 0 unspecified atom stereocenters. The molecule has 0 radical (unpaired) electrons. The van der Waals surface area contributed by atoms with Crippen LogP contribution in [0.4, 0.5) is 0 Å². The van der Waals surface area contributed by atoms with Crippen molar-refractivity contribution in [3.63, 3.8) is 0 Å². The van der Waals surface area contributed by atoms with E-state index in [-0.39, 0.29) is 5.54 Å². The standard InChI is InChI=1S/C15H22N4O/c1-19-11-18-13-12(19)6-9-17-14(13)20-10-15(16)7-4-2-3-5-8-15/h6,9,11H,2-5,7-8,10,16H2,1H3. The number of pyridine rings is 1. The second-order valence-corrected chi connectivity index (χ2v) is 5.90. The smallest absolute Gasteiger partial charge is 0.242 e. The van der Waals surface area contributed by atoms with Crippen LogP contribution in [0.5, 0.6) is 5.88 Å². The molecule has 1 fully saturated rings. The number of aryl methyl sites for hydroxylation is 1. The first-order valence-corrected chi connectivity index (χ1v) is 7.36. The Labute approximate surface area is 119 Å². The van der Waals surface area contributed by atoms with Crippen LogP contribution in [0.15, 0.2) is 18.6 Å². The van der Waals surface area contributed by atoms with Crippen LogP contribution in [0.2, 0.25) is 0 Å². The number of nitrogens with zero attached hydrogens (tertiary/aromatic N) is 3. The molecule has 2 heterocycles. The minimum atomic E-state index is -0.213. The van der Waals surface area contributed by atoms with E-state index >= 15 is 0 Å². The third-order valence-electron chi connectivity index (χ3n) is 4.21. The zero-order chi connectivity index (χ0) is 14.0. The zero-order valence-corrected chi connectivity index (χ0v) is 12.0. The maximum atomic E-state index is 6.48. The van der Waals surface area contributed by atoms with Gasteiger partial charge in [-0.05, 0) is 18.9 Å². The third kappa shape index (κ3) is 2.63. The third-order valence-corrected chi connectivity index (χ3v) is 4.21. The molecule has 2 N–H and O–H groups in total. The number of hydrogen-bond acceptors (Lipinski definition) is 4. The van der Waals surface area contributed by atoms with E-state index in [1.54, 1.807) is 12.5 Å². The van der Waals surface area contributed by atoms with Gasteiger partial charge < -0.3 is 15.0 Å². The Hall–Kier alpha value is -1.62. The summed E-state index contributed by atoms with van der Waals surface area (Å²) in [5, 5.41) is 0. The maximum absolute atomic E-state index is 6.48. The molecule has 2 aromatic rings. The van der Waals surface area contributed by atoms with Gasteiger partial charge in [0, 0.05) is 13.2 Å². The number of rotatable bonds is 3. The Morgan fingerprint density at radius 1 is 1.25 bits per heavy atom. The highest BCUT2D eigenvalue weighted by Gasteiger charge is 2.27. The fourth-order valence-corrected chi connectivity index (χ4v) is 2.93. The molecule has 5 heteroatoms. The first-order chi connectivity index (χ1) is 9.68. The summed E-state index contributed by atoms with van der Waals surface area (Å²) in [4.78, 5) is 8.66. The molecule has 0 aliphatic heterocycles. The molecule has 5 nitrogen and oxygen atoms in total. The van der Waals surface area contributed by atoms with E-state index in [9.17, 15) is 0 Å². The van der Waals surface area contributed by atoms with Crippen molar-refractivity contribution >= 4 is 11.0 Å². The van der Waals surface area contributed by atoms with Crippen molar-refractivity contribution in [2.45, 2.75) is 44.1 Å². The summed E-state index contributed by atoms with van der Waals surface area (Å²) < 4.78 is 7.88. The van der Waals surface area contributed by atoms with Gasteiger partial charge in [-0.15, -0.1) is 0 Å². The van der Waals surface area contributed by atoms with Gasteiger partial charge in [0.2, 0.25) is 5.88 Å². The number of aromatic nitrogens is 3. The monoisotopic (exact) mass is 274 g/mol. The van der Waals surface area contributed by atoms with Crippen molar-refractivity contribution in [2.75, 3.05) is 6.61 Å². The van der Waals surface area contributed by atoms with Crippen LogP contribution in [-0.2, 0) is 7.05 Å². The van der Waals surface area contributed by atoms with E-state index in [4.69, 9.17) is 10.5 Å². The number of ether oxygens (including phenoxy) is 1. The molecular weight excluding hydrogens is 252 g/mol. The summed E-state index contributed by atoms with van der Waals surface area (Å²) in [6, 6.07) is 1.94. The molecule has 3 rings (SSSR count). The largest absolute Gasteiger partial charge is 0.474 e. The molecule has 1 saturated carbocycles. The van der Waals surface area contributed by atoms with Gasteiger partial charge in [-0.3, -0.25) is 0 Å². The molecule has 20 heavy (non-hydrogen) atoms. The second-order valence-electron chi connectivity index (χ2n) is 5.90. The van der Waals surface area contributed by atoms with Crippen molar-refractivity contribution in [1.82, 2.24) is 14.5 Å². The van der Waals surface area contributed by atoms with E-state index < -0.39 is 0 Å². The SMILES string of the molecule is Cn1cnc2c(OCC3(N)CCCCCC3)nccc21. The fraction of sp³-hybridized carbons (Fsp3) is 0.600. The lowest BCUT2D eigenvalue weighted by atomic mass is 9.93. The molecule has 0 bridgehead atoms. The van der Waals surface area contributed by atoms with Crippen LogP contribution in [0.3, 0.4) is 0 Å². The molecule has 108 valence electrons. The normalized spacial score (nSPS) is 18.9. The van der Waals surface area contributed by atoms with E-state index in [1.807, 2.05) is 17.7 Å². The highest BCUT2D eigenvalue weighted by molar-refractivity contribution is 5.79. The van der Waals surface area contributed by atoms with Crippen molar-refractivity contribution in [3.8, 4) is 5.88 Å². The molecule has 2 aromatic heterocycles. The number of nitrogens with two attached hydrogens (primary N) is 1. The molecule has 0 atom stereocenters. The molecule has 0 aromatic carbocycles. The average Bonchev–Trinajstić information content (AvgIpc) is 2.69. The Kier molecular flexibility index (Phi) is 3.61. The van der Waals surface area contributed by atoms with Crippen molar-refractivity contribution in [2.24, 2.45) is 12.8 Å². The van der Waals surface area contributed by atoms with Gasteiger partial charge >= 0.3 is 0 Å². The maximum Gasteiger partial charge on any atom is 0.242 e. The fourth-order valence-electron chi connectivity index (χ4n) is 2.93. The van der Waals surface area contributed by atoms with Crippen molar-refractivity contribution < 1.29 is 4.74 Å². The highest BCUT2D eigenvalue weighted by Crippen LogP contribution is 2.27. The molecular formula is C15H22N4O. The van der Waals surface area contributed by atoms with Crippen LogP contribution >= 0.6 is 0 Å². The van der Waals surface area contributed by atoms with Gasteiger partial charge in [-0.2, -0.15) is 0 Å². The van der Waals surface area contributed by atoms with Crippen LogP contribution in [0.25, 0.3) is 11.0 Å². The molecule has 0 spiro atoms. The predicted molar refractivity (Wildman–Crippen MR) is 78.6 cm³/mol. The Balaban J connectivity index is 1.76. The second kappa shape index (κ2) is 5.40. The van der Waals surface area contributed by atoms with Crippen LogP contribution in [0, 0.1) is 0 Å². The van der Waals surface area contributed by atoms with Crippen LogP contribution in [-0.4, -0.2) is 26.7 Å². The summed E-state index contributed by atoms with van der Waals surface area (Å²) in [7, 11) is 1.97. The summed E-state index contributed by atoms with van der Waals surface area (Å²) >= 11 is 0. The number of hydrogen-bond donors (Lipinski definition) is 1. The lowest BCUT2D eigenvalue weighted by Crippen LogP contribution is -2.45. The minimum Gasteiger partial charge on any atom is -0.474 e. The van der Waals surface area contributed by atoms with Crippen molar-refractivity contribution in [3.05, 3.63) is 18.6 Å². The quantitative estimate of drug-likeness (QED) is 0.873. The zero-order valence-electron chi connectivity index (χ0n) is 12.0. The predicted octanol–water partition coefficient (Wildman–Crippen LogP) is 2.40. The van der Waals surface area contributed by atoms with E-state index in [2.05, 4.69) is 9.97 Å². The topological polar surface area (TPSA) is 66.0 Å². The minimum absolute atomic E-state index is 0.213. The van der Waals surface area contributed by atoms with E-state index in [1.165, 1.54) is 25.7 Å². The Bertz CT molecular complexity index is 585. The van der Waals surface area contributed by atoms with Gasteiger partial charge in [0.25, 0.3) is 0 Å². The van der Waals surface area contributed by atoms with Crippen LogP contribution < -0.4 is 10.5 Å². The molecule has 1 aliphatic carbocycles. The van der Waals surface area contributed by atoms with E-state index in [0.717, 1.165) is 23.9 Å². The number of imidazole rings is 1. The lowest BCUT2D eigenvalue weighted by Gasteiger charge is -2.27. The first kappa shape index (κ1) is 13.4. The van der Waals surface area contributed by atoms with Crippen LogP contribution in [0.1, 0.15) is 38.5 Å². The molecule has 1 aliphatic rings. The van der Waals surface area contributed by atoms with Gasteiger partial charge in [0.1, 0.15) is 6.61 Å². The average molecular weight is 274 g/mol. The molecule has 0 amide bonds. The summed E-state index contributed by atoms with van der Waals surface area (Å²) in [5.74, 6) is 0.595. The summed E-state index contributed by atoms with van der Waals surface area (Å²) in [6.45, 7) is 0.523. The Morgan fingerprint density at radius 3 is 2.75 bits per heavy atom. The van der Waals surface area contributed by atoms with Gasteiger partial charge in [-0.1, -0.05) is 25.7 Å². The highest BCUT2D eigenvalue weighted by atomic mass is 16.5.